The van der Waals surface area contributed by atoms with Gasteiger partial charge in [-0.3, -0.25) is 4.90 Å². The number of hydrogen-bond acceptors (Lipinski definition) is 3. The summed E-state index contributed by atoms with van der Waals surface area (Å²) in [6.07, 6.45) is 1.89. The Labute approximate surface area is 157 Å². The van der Waals surface area contributed by atoms with Crippen LogP contribution in [0.3, 0.4) is 0 Å². The monoisotopic (exact) mass is 363 g/mol. The van der Waals surface area contributed by atoms with Gasteiger partial charge < -0.3 is 0 Å². The Bertz CT molecular complexity index is 1010. The van der Waals surface area contributed by atoms with Gasteiger partial charge in [-0.05, 0) is 61.0 Å². The number of nitrogens with zero attached hydrogens (tertiary/aromatic N) is 3. The van der Waals surface area contributed by atoms with E-state index in [0.29, 0.717) is 18.7 Å². The van der Waals surface area contributed by atoms with Crippen molar-refractivity contribution in [3.05, 3.63) is 88.6 Å². The average Bonchev–Trinajstić information content (AvgIpc) is 2.80. The van der Waals surface area contributed by atoms with Crippen LogP contribution in [0.1, 0.15) is 22.4 Å². The Balaban J connectivity index is 1.85. The fourth-order valence-corrected chi connectivity index (χ4v) is 3.40. The molecule has 0 saturated heterocycles. The molecule has 0 fully saturated rings. The Hall–Kier alpha value is -2.92. The number of likely N-dealkylation sites (N-methyl/N-ethyl adjacent to an activating group) is 1. The highest BCUT2D eigenvalue weighted by Gasteiger charge is 2.21. The molecule has 3 nitrogen and oxygen atoms in total. The minimum Gasteiger partial charge on any atom is -0.298 e. The summed E-state index contributed by atoms with van der Waals surface area (Å²) in [4.78, 5) is 2.11. The second-order valence-electron chi connectivity index (χ2n) is 6.84. The van der Waals surface area contributed by atoms with Crippen molar-refractivity contribution in [1.29, 1.82) is 0 Å². The normalized spacial score (nSPS) is 14.4. The molecule has 1 aliphatic rings. The number of rotatable bonds is 2. The number of fused-ring (bicyclic) bond motifs is 1. The molecule has 3 aromatic rings. The van der Waals surface area contributed by atoms with Crippen molar-refractivity contribution in [2.24, 2.45) is 0 Å². The Morgan fingerprint density at radius 3 is 2.44 bits per heavy atom. The van der Waals surface area contributed by atoms with Crippen LogP contribution in [0.4, 0.5) is 8.78 Å². The smallest absolute Gasteiger partial charge is 0.133 e. The number of aromatic nitrogens is 2. The van der Waals surface area contributed by atoms with E-state index in [2.05, 4.69) is 15.1 Å². The zero-order valence-corrected chi connectivity index (χ0v) is 15.2. The lowest BCUT2D eigenvalue weighted by atomic mass is 9.91. The van der Waals surface area contributed by atoms with E-state index < -0.39 is 11.6 Å². The van der Waals surface area contributed by atoms with Gasteiger partial charge in [0.1, 0.15) is 11.6 Å². The first-order valence-corrected chi connectivity index (χ1v) is 8.80. The molecule has 1 aromatic heterocycles. The molecule has 0 atom stereocenters. The van der Waals surface area contributed by atoms with Crippen molar-refractivity contribution < 1.29 is 8.78 Å². The van der Waals surface area contributed by atoms with Crippen LogP contribution in [-0.4, -0.2) is 28.7 Å². The van der Waals surface area contributed by atoms with Crippen molar-refractivity contribution in [3.63, 3.8) is 0 Å². The van der Waals surface area contributed by atoms with Crippen LogP contribution in [-0.2, 0) is 6.54 Å². The van der Waals surface area contributed by atoms with Crippen molar-refractivity contribution in [2.45, 2.75) is 13.5 Å². The third-order valence-electron chi connectivity index (χ3n) is 4.77. The SMILES string of the molecule is Cc1ccc(-c2ccc3c(c2)CN(C)CC=C3c2c(F)cccc2F)nn1. The fourth-order valence-electron chi connectivity index (χ4n) is 3.40. The van der Waals surface area contributed by atoms with Crippen LogP contribution in [0, 0.1) is 18.6 Å². The highest BCUT2D eigenvalue weighted by Crippen LogP contribution is 2.34. The van der Waals surface area contributed by atoms with Gasteiger partial charge in [-0.25, -0.2) is 8.78 Å². The molecule has 0 spiro atoms. The summed E-state index contributed by atoms with van der Waals surface area (Å²) in [6, 6.07) is 13.7. The summed E-state index contributed by atoms with van der Waals surface area (Å²) in [5.74, 6) is -1.10. The van der Waals surface area contributed by atoms with E-state index in [1.807, 2.05) is 50.4 Å². The van der Waals surface area contributed by atoms with E-state index in [1.165, 1.54) is 18.2 Å². The summed E-state index contributed by atoms with van der Waals surface area (Å²) in [5, 5.41) is 8.36. The standard InChI is InChI=1S/C22H19F2N3/c1-14-6-9-21(26-25-14)15-7-8-17-16(12-15)13-27(2)11-10-18(17)22-19(23)4-3-5-20(22)24/h3-10,12H,11,13H2,1-2H3. The van der Waals surface area contributed by atoms with Crippen LogP contribution < -0.4 is 0 Å². The molecule has 4 rings (SSSR count). The molecule has 27 heavy (non-hydrogen) atoms. The van der Waals surface area contributed by atoms with E-state index in [1.54, 1.807) is 0 Å². The van der Waals surface area contributed by atoms with Gasteiger partial charge in [0, 0.05) is 18.7 Å². The van der Waals surface area contributed by atoms with E-state index >= 15 is 0 Å². The molecule has 5 heteroatoms. The fraction of sp³-hybridized carbons (Fsp3) is 0.182. The summed E-state index contributed by atoms with van der Waals surface area (Å²) in [7, 11) is 1.99. The van der Waals surface area contributed by atoms with E-state index in [-0.39, 0.29) is 5.56 Å². The molecule has 0 aliphatic carbocycles. The number of hydrogen-bond donors (Lipinski definition) is 0. The molecule has 2 heterocycles. The Morgan fingerprint density at radius 1 is 0.963 bits per heavy atom. The summed E-state index contributed by atoms with van der Waals surface area (Å²) in [6.45, 7) is 3.18. The van der Waals surface area contributed by atoms with Crippen LogP contribution >= 0.6 is 0 Å². The van der Waals surface area contributed by atoms with Gasteiger partial charge in [0.15, 0.2) is 0 Å². The number of benzene rings is 2. The molecule has 136 valence electrons. The predicted octanol–water partition coefficient (Wildman–Crippen LogP) is 4.61. The summed E-state index contributed by atoms with van der Waals surface area (Å²) in [5.41, 5.74) is 5.02. The molecule has 0 unspecified atom stereocenters. The molecule has 0 N–H and O–H groups in total. The predicted molar refractivity (Wildman–Crippen MR) is 102 cm³/mol. The van der Waals surface area contributed by atoms with E-state index in [0.717, 1.165) is 28.1 Å². The maximum atomic E-state index is 14.4. The highest BCUT2D eigenvalue weighted by atomic mass is 19.1. The van der Waals surface area contributed by atoms with Crippen LogP contribution in [0.15, 0.2) is 54.6 Å². The maximum absolute atomic E-state index is 14.4. The van der Waals surface area contributed by atoms with Crippen molar-refractivity contribution in [1.82, 2.24) is 15.1 Å². The first-order chi connectivity index (χ1) is 13.0. The van der Waals surface area contributed by atoms with Crippen molar-refractivity contribution >= 4 is 5.57 Å². The van der Waals surface area contributed by atoms with Crippen molar-refractivity contribution in [2.75, 3.05) is 13.6 Å². The second kappa shape index (κ2) is 7.00. The topological polar surface area (TPSA) is 29.0 Å². The molecule has 0 saturated carbocycles. The lowest BCUT2D eigenvalue weighted by Crippen LogP contribution is -2.16. The molecule has 0 amide bonds. The Morgan fingerprint density at radius 2 is 1.74 bits per heavy atom. The highest BCUT2D eigenvalue weighted by molar-refractivity contribution is 5.83. The van der Waals surface area contributed by atoms with Gasteiger partial charge in [0.05, 0.1) is 17.0 Å². The van der Waals surface area contributed by atoms with E-state index in [9.17, 15) is 8.78 Å². The lowest BCUT2D eigenvalue weighted by molar-refractivity contribution is 0.366. The average molecular weight is 363 g/mol. The van der Waals surface area contributed by atoms with Gasteiger partial charge in [-0.1, -0.05) is 24.3 Å². The van der Waals surface area contributed by atoms with Gasteiger partial charge in [0.2, 0.25) is 0 Å². The van der Waals surface area contributed by atoms with E-state index in [4.69, 9.17) is 0 Å². The van der Waals surface area contributed by atoms with Gasteiger partial charge in [-0.2, -0.15) is 10.2 Å². The quantitative estimate of drug-likeness (QED) is 0.666. The number of aryl methyl sites for hydroxylation is 1. The largest absolute Gasteiger partial charge is 0.298 e. The third-order valence-corrected chi connectivity index (χ3v) is 4.77. The van der Waals surface area contributed by atoms with Gasteiger partial charge >= 0.3 is 0 Å². The first-order valence-electron chi connectivity index (χ1n) is 8.80. The lowest BCUT2D eigenvalue weighted by Gasteiger charge is -2.16. The molecule has 1 aliphatic heterocycles. The van der Waals surface area contributed by atoms with Gasteiger partial charge in [0.25, 0.3) is 0 Å². The third kappa shape index (κ3) is 3.38. The van der Waals surface area contributed by atoms with Crippen LogP contribution in [0.5, 0.6) is 0 Å². The molecule has 2 aromatic carbocycles. The summed E-state index contributed by atoms with van der Waals surface area (Å²) >= 11 is 0. The zero-order valence-electron chi connectivity index (χ0n) is 15.2. The van der Waals surface area contributed by atoms with Crippen LogP contribution in [0.25, 0.3) is 16.8 Å². The molecule has 0 bridgehead atoms. The number of halogens is 2. The van der Waals surface area contributed by atoms with Crippen LogP contribution in [0.2, 0.25) is 0 Å². The zero-order chi connectivity index (χ0) is 19.0. The molecular formula is C22H19F2N3. The van der Waals surface area contributed by atoms with Gasteiger partial charge in [-0.15, -0.1) is 0 Å². The minimum atomic E-state index is -0.551. The molecular weight excluding hydrogens is 344 g/mol. The first kappa shape index (κ1) is 17.5. The second-order valence-corrected chi connectivity index (χ2v) is 6.84. The summed E-state index contributed by atoms with van der Waals surface area (Å²) < 4.78 is 28.9. The minimum absolute atomic E-state index is 0.0249. The molecule has 0 radical (unpaired) electrons. The Kier molecular flexibility index (Phi) is 4.54. The maximum Gasteiger partial charge on any atom is 0.133 e. The van der Waals surface area contributed by atoms with Crippen molar-refractivity contribution in [3.8, 4) is 11.3 Å².